The Labute approximate surface area is 97.5 Å². The van der Waals surface area contributed by atoms with Crippen molar-refractivity contribution in [2.45, 2.75) is 12.3 Å². The van der Waals surface area contributed by atoms with E-state index in [1.807, 2.05) is 6.07 Å². The highest BCUT2D eigenvalue weighted by atomic mass is 16.7. The van der Waals surface area contributed by atoms with Gasteiger partial charge in [0.1, 0.15) is 0 Å². The van der Waals surface area contributed by atoms with E-state index in [0.717, 1.165) is 5.56 Å². The molecule has 0 spiro atoms. The highest BCUT2D eigenvalue weighted by Crippen LogP contribution is 2.35. The van der Waals surface area contributed by atoms with Gasteiger partial charge in [0, 0.05) is 11.3 Å². The summed E-state index contributed by atoms with van der Waals surface area (Å²) in [7, 11) is 0. The third kappa shape index (κ3) is 2.45. The summed E-state index contributed by atoms with van der Waals surface area (Å²) in [5.74, 6) is 0.795. The third-order valence-electron chi connectivity index (χ3n) is 2.58. The van der Waals surface area contributed by atoms with Crippen LogP contribution in [0.4, 0.5) is 0 Å². The molecule has 0 radical (unpaired) electrons. The number of fused-ring (bicyclic) bond motifs is 1. The number of hydrogen-bond acceptors (Lipinski definition) is 5. The number of rotatable bonds is 4. The van der Waals surface area contributed by atoms with Gasteiger partial charge in [0.2, 0.25) is 13.3 Å². The van der Waals surface area contributed by atoms with Gasteiger partial charge in [-0.3, -0.25) is 10.1 Å². The van der Waals surface area contributed by atoms with E-state index in [9.17, 15) is 10.1 Å². The van der Waals surface area contributed by atoms with Crippen LogP contribution in [0, 0.1) is 21.4 Å². The van der Waals surface area contributed by atoms with Crippen LogP contribution in [0.3, 0.4) is 0 Å². The van der Waals surface area contributed by atoms with Gasteiger partial charge in [-0.1, -0.05) is 6.07 Å². The predicted molar refractivity (Wildman–Crippen MR) is 57.4 cm³/mol. The Kier molecular flexibility index (Phi) is 3.10. The second-order valence-corrected chi connectivity index (χ2v) is 3.69. The molecule has 6 heteroatoms. The van der Waals surface area contributed by atoms with Crippen LogP contribution < -0.4 is 9.47 Å². The van der Waals surface area contributed by atoms with E-state index >= 15 is 0 Å². The fourth-order valence-corrected chi connectivity index (χ4v) is 1.75. The molecule has 0 bridgehead atoms. The zero-order chi connectivity index (χ0) is 12.3. The Hall–Kier alpha value is -2.29. The molecule has 0 fully saturated rings. The molecule has 1 heterocycles. The lowest BCUT2D eigenvalue weighted by molar-refractivity contribution is -0.483. The van der Waals surface area contributed by atoms with E-state index in [1.54, 1.807) is 18.2 Å². The molecule has 2 rings (SSSR count). The molecule has 0 saturated heterocycles. The number of ether oxygens (including phenoxy) is 2. The van der Waals surface area contributed by atoms with Gasteiger partial charge in [-0.2, -0.15) is 5.26 Å². The normalized spacial score (nSPS) is 14.1. The Morgan fingerprint density at radius 3 is 2.94 bits per heavy atom. The molecule has 1 aliphatic rings. The first-order valence-electron chi connectivity index (χ1n) is 5.09. The van der Waals surface area contributed by atoms with Crippen LogP contribution in [0.1, 0.15) is 17.9 Å². The molecule has 1 aromatic rings. The molecular formula is C11H10N2O4. The van der Waals surface area contributed by atoms with Gasteiger partial charge in [0.05, 0.1) is 12.0 Å². The average Bonchev–Trinajstić information content (AvgIpc) is 2.74. The van der Waals surface area contributed by atoms with Crippen LogP contribution in [-0.4, -0.2) is 18.3 Å². The standard InChI is InChI=1S/C11H10N2O4/c12-4-3-9(6-13(14)15)8-1-2-10-11(5-8)17-7-16-10/h1-2,5,9H,3,6-7H2. The van der Waals surface area contributed by atoms with Crippen molar-refractivity contribution in [2.75, 3.05) is 13.3 Å². The summed E-state index contributed by atoms with van der Waals surface area (Å²) >= 11 is 0. The maximum atomic E-state index is 10.5. The van der Waals surface area contributed by atoms with E-state index < -0.39 is 10.8 Å². The lowest BCUT2D eigenvalue weighted by Gasteiger charge is -2.09. The molecule has 88 valence electrons. The van der Waals surface area contributed by atoms with Crippen molar-refractivity contribution in [2.24, 2.45) is 0 Å². The minimum Gasteiger partial charge on any atom is -0.454 e. The van der Waals surface area contributed by atoms with Crippen LogP contribution in [0.2, 0.25) is 0 Å². The lowest BCUT2D eigenvalue weighted by atomic mass is 9.96. The highest BCUT2D eigenvalue weighted by molar-refractivity contribution is 5.45. The Morgan fingerprint density at radius 2 is 2.24 bits per heavy atom. The van der Waals surface area contributed by atoms with Crippen LogP contribution in [0.5, 0.6) is 11.5 Å². The number of benzene rings is 1. The van der Waals surface area contributed by atoms with E-state index in [1.165, 1.54) is 0 Å². The fourth-order valence-electron chi connectivity index (χ4n) is 1.75. The van der Waals surface area contributed by atoms with Crippen molar-refractivity contribution in [1.29, 1.82) is 5.26 Å². The first kappa shape index (κ1) is 11.2. The molecule has 1 aromatic carbocycles. The molecule has 6 nitrogen and oxygen atoms in total. The predicted octanol–water partition coefficient (Wildman–Crippen LogP) is 1.69. The van der Waals surface area contributed by atoms with Crippen LogP contribution in [0.25, 0.3) is 0 Å². The number of nitriles is 1. The van der Waals surface area contributed by atoms with Gasteiger partial charge >= 0.3 is 0 Å². The topological polar surface area (TPSA) is 85.4 Å². The molecule has 0 aliphatic carbocycles. The molecule has 0 N–H and O–H groups in total. The maximum Gasteiger partial charge on any atom is 0.231 e. The zero-order valence-electron chi connectivity index (χ0n) is 8.96. The van der Waals surface area contributed by atoms with Gasteiger partial charge in [-0.05, 0) is 17.7 Å². The van der Waals surface area contributed by atoms with Crippen molar-refractivity contribution in [3.8, 4) is 17.6 Å². The minimum atomic E-state index is -0.413. The van der Waals surface area contributed by atoms with Crippen LogP contribution in [-0.2, 0) is 0 Å². The molecule has 0 amide bonds. The number of hydrogen-bond donors (Lipinski definition) is 0. The quantitative estimate of drug-likeness (QED) is 0.584. The largest absolute Gasteiger partial charge is 0.454 e. The smallest absolute Gasteiger partial charge is 0.231 e. The summed E-state index contributed by atoms with van der Waals surface area (Å²) in [5.41, 5.74) is 0.729. The van der Waals surface area contributed by atoms with Gasteiger partial charge in [-0.15, -0.1) is 0 Å². The summed E-state index contributed by atoms with van der Waals surface area (Å²) in [6.45, 7) is -0.0931. The SMILES string of the molecule is N#CCC(C[N+](=O)[O-])c1ccc2c(c1)OCO2. The van der Waals surface area contributed by atoms with Crippen LogP contribution >= 0.6 is 0 Å². The van der Waals surface area contributed by atoms with E-state index in [0.29, 0.717) is 11.5 Å². The minimum absolute atomic E-state index is 0.112. The Bertz CT molecular complexity index is 481. The van der Waals surface area contributed by atoms with Crippen molar-refractivity contribution in [3.63, 3.8) is 0 Å². The fraction of sp³-hybridized carbons (Fsp3) is 0.364. The van der Waals surface area contributed by atoms with Crippen molar-refractivity contribution in [1.82, 2.24) is 0 Å². The highest BCUT2D eigenvalue weighted by Gasteiger charge is 2.21. The molecule has 1 atom stereocenters. The number of nitro groups is 1. The molecule has 1 aliphatic heterocycles. The summed E-state index contributed by atoms with van der Waals surface area (Å²) in [5, 5.41) is 19.2. The summed E-state index contributed by atoms with van der Waals surface area (Å²) in [6.07, 6.45) is 0.112. The summed E-state index contributed by atoms with van der Waals surface area (Å²) in [6, 6.07) is 7.11. The average molecular weight is 234 g/mol. The van der Waals surface area contributed by atoms with Gasteiger partial charge in [-0.25, -0.2) is 0 Å². The Morgan fingerprint density at radius 1 is 1.47 bits per heavy atom. The zero-order valence-corrected chi connectivity index (χ0v) is 8.96. The van der Waals surface area contributed by atoms with E-state index in [2.05, 4.69) is 0 Å². The van der Waals surface area contributed by atoms with E-state index in [-0.39, 0.29) is 19.8 Å². The van der Waals surface area contributed by atoms with E-state index in [4.69, 9.17) is 14.7 Å². The maximum absolute atomic E-state index is 10.5. The summed E-state index contributed by atoms with van der Waals surface area (Å²) in [4.78, 5) is 10.1. The second-order valence-electron chi connectivity index (χ2n) is 3.69. The van der Waals surface area contributed by atoms with Crippen molar-refractivity contribution >= 4 is 0 Å². The van der Waals surface area contributed by atoms with Gasteiger partial charge in [0.15, 0.2) is 11.5 Å². The first-order valence-corrected chi connectivity index (χ1v) is 5.09. The molecule has 0 saturated carbocycles. The van der Waals surface area contributed by atoms with Crippen LogP contribution in [0.15, 0.2) is 18.2 Å². The van der Waals surface area contributed by atoms with Crippen molar-refractivity contribution in [3.05, 3.63) is 33.9 Å². The third-order valence-corrected chi connectivity index (χ3v) is 2.58. The molecular weight excluding hydrogens is 224 g/mol. The number of nitrogens with zero attached hydrogens (tertiary/aromatic N) is 2. The first-order chi connectivity index (χ1) is 8.20. The lowest BCUT2D eigenvalue weighted by Crippen LogP contribution is -2.12. The second kappa shape index (κ2) is 4.70. The molecule has 1 unspecified atom stereocenters. The molecule has 0 aromatic heterocycles. The van der Waals surface area contributed by atoms with Gasteiger partial charge in [0.25, 0.3) is 0 Å². The monoisotopic (exact) mass is 234 g/mol. The van der Waals surface area contributed by atoms with Crippen molar-refractivity contribution < 1.29 is 14.4 Å². The Balaban J connectivity index is 2.24. The summed E-state index contributed by atoms with van der Waals surface area (Å²) < 4.78 is 10.4. The molecule has 17 heavy (non-hydrogen) atoms. The van der Waals surface area contributed by atoms with Gasteiger partial charge < -0.3 is 9.47 Å².